The zero-order chi connectivity index (χ0) is 18.2. The number of benzene rings is 2. The molecule has 0 radical (unpaired) electrons. The van der Waals surface area contributed by atoms with Gasteiger partial charge in [0.25, 0.3) is 0 Å². The summed E-state index contributed by atoms with van der Waals surface area (Å²) < 4.78 is 10.3. The molecule has 0 heterocycles. The number of hydrogen-bond donors (Lipinski definition) is 0. The summed E-state index contributed by atoms with van der Waals surface area (Å²) in [6.07, 6.45) is 3.02. The van der Waals surface area contributed by atoms with Gasteiger partial charge in [-0.3, -0.25) is 4.79 Å². The normalized spacial score (nSPS) is 12.0. The number of carbonyl (C=O) groups is 2. The average Bonchev–Trinajstić information content (AvgIpc) is 2.66. The van der Waals surface area contributed by atoms with Crippen LogP contribution in [-0.2, 0) is 16.0 Å². The molecule has 4 nitrogen and oxygen atoms in total. The summed E-state index contributed by atoms with van der Waals surface area (Å²) in [4.78, 5) is 24.2. The minimum atomic E-state index is -0.833. The third-order valence-corrected chi connectivity index (χ3v) is 3.84. The lowest BCUT2D eigenvalue weighted by atomic mass is 10.0. The summed E-state index contributed by atoms with van der Waals surface area (Å²) in [5.74, 6) is -0.0243. The van der Waals surface area contributed by atoms with E-state index in [-0.39, 0.29) is 5.78 Å². The first-order chi connectivity index (χ1) is 12.0. The van der Waals surface area contributed by atoms with E-state index >= 15 is 0 Å². The van der Waals surface area contributed by atoms with E-state index in [1.54, 1.807) is 44.4 Å². The molecule has 2 aromatic carbocycles. The zero-order valence-corrected chi connectivity index (χ0v) is 14.7. The number of methoxy groups -OCH3 is 1. The van der Waals surface area contributed by atoms with E-state index in [0.29, 0.717) is 5.56 Å². The van der Waals surface area contributed by atoms with Gasteiger partial charge in [0.05, 0.1) is 7.11 Å². The minimum Gasteiger partial charge on any atom is -0.497 e. The van der Waals surface area contributed by atoms with Crippen molar-refractivity contribution < 1.29 is 19.1 Å². The number of aryl methyl sites for hydroxylation is 1. The largest absolute Gasteiger partial charge is 0.497 e. The number of esters is 1. The standard InChI is InChI=1S/C21H22O4/c1-4-16-5-10-18(11-6-16)21(23)15(2)25-20(22)14-9-17-7-12-19(24-3)13-8-17/h5-15H,4H2,1-3H3/b14-9+/t15-/m1/s1. The van der Waals surface area contributed by atoms with Crippen molar-refractivity contribution in [3.63, 3.8) is 0 Å². The molecule has 0 aliphatic heterocycles. The summed E-state index contributed by atoms with van der Waals surface area (Å²) in [6, 6.07) is 14.6. The van der Waals surface area contributed by atoms with Crippen LogP contribution in [0.1, 0.15) is 35.3 Å². The summed E-state index contributed by atoms with van der Waals surface area (Å²) in [6.45, 7) is 3.63. The lowest BCUT2D eigenvalue weighted by Crippen LogP contribution is -2.23. The van der Waals surface area contributed by atoms with Crippen LogP contribution in [0.5, 0.6) is 5.75 Å². The smallest absolute Gasteiger partial charge is 0.331 e. The van der Waals surface area contributed by atoms with Crippen molar-refractivity contribution in [3.8, 4) is 5.75 Å². The van der Waals surface area contributed by atoms with E-state index in [0.717, 1.165) is 23.3 Å². The van der Waals surface area contributed by atoms with Gasteiger partial charge in [-0.15, -0.1) is 0 Å². The van der Waals surface area contributed by atoms with Crippen molar-refractivity contribution >= 4 is 17.8 Å². The third kappa shape index (κ3) is 5.31. The molecule has 1 atom stereocenters. The van der Waals surface area contributed by atoms with E-state index in [1.807, 2.05) is 24.3 Å². The molecule has 2 rings (SSSR count). The molecule has 0 aliphatic rings. The SMILES string of the molecule is CCc1ccc(C(=O)[C@@H](C)OC(=O)/C=C/c2ccc(OC)cc2)cc1. The molecule has 0 saturated heterocycles. The van der Waals surface area contributed by atoms with Gasteiger partial charge in [0.1, 0.15) is 5.75 Å². The summed E-state index contributed by atoms with van der Waals surface area (Å²) in [5.41, 5.74) is 2.53. The molecule has 4 heteroatoms. The number of ether oxygens (including phenoxy) is 2. The van der Waals surface area contributed by atoms with Gasteiger partial charge in [-0.25, -0.2) is 4.79 Å². The summed E-state index contributed by atoms with van der Waals surface area (Å²) >= 11 is 0. The van der Waals surface area contributed by atoms with Crippen LogP contribution in [0.25, 0.3) is 6.08 Å². The van der Waals surface area contributed by atoms with Crippen molar-refractivity contribution in [2.45, 2.75) is 26.4 Å². The topological polar surface area (TPSA) is 52.6 Å². The second-order valence-corrected chi connectivity index (χ2v) is 5.60. The fraction of sp³-hybridized carbons (Fsp3) is 0.238. The summed E-state index contributed by atoms with van der Waals surface area (Å²) in [5, 5.41) is 0. The highest BCUT2D eigenvalue weighted by Crippen LogP contribution is 2.13. The molecule has 25 heavy (non-hydrogen) atoms. The van der Waals surface area contributed by atoms with Gasteiger partial charge in [0, 0.05) is 11.6 Å². The molecule has 0 aliphatic carbocycles. The second-order valence-electron chi connectivity index (χ2n) is 5.60. The third-order valence-electron chi connectivity index (χ3n) is 3.84. The molecular weight excluding hydrogens is 316 g/mol. The van der Waals surface area contributed by atoms with Crippen molar-refractivity contribution in [3.05, 3.63) is 71.3 Å². The monoisotopic (exact) mass is 338 g/mol. The van der Waals surface area contributed by atoms with Crippen LogP contribution < -0.4 is 4.74 Å². The van der Waals surface area contributed by atoms with Gasteiger partial charge in [-0.1, -0.05) is 43.3 Å². The maximum atomic E-state index is 12.3. The average molecular weight is 338 g/mol. The Morgan fingerprint density at radius 3 is 2.24 bits per heavy atom. The van der Waals surface area contributed by atoms with Crippen LogP contribution in [0, 0.1) is 0 Å². The van der Waals surface area contributed by atoms with Gasteiger partial charge in [0.2, 0.25) is 5.78 Å². The fourth-order valence-electron chi connectivity index (χ4n) is 2.29. The molecule has 0 aromatic heterocycles. The number of Topliss-reactive ketones (excluding diaryl/α,β-unsaturated/α-hetero) is 1. The molecule has 0 unspecified atom stereocenters. The summed E-state index contributed by atoms with van der Waals surface area (Å²) in [7, 11) is 1.59. The van der Waals surface area contributed by atoms with Crippen LogP contribution in [0.2, 0.25) is 0 Å². The van der Waals surface area contributed by atoms with Crippen LogP contribution in [0.3, 0.4) is 0 Å². The molecule has 0 spiro atoms. The predicted octanol–water partition coefficient (Wildman–Crippen LogP) is 4.09. The van der Waals surface area contributed by atoms with Gasteiger partial charge in [-0.05, 0) is 42.7 Å². The highest BCUT2D eigenvalue weighted by molar-refractivity contribution is 6.01. The van der Waals surface area contributed by atoms with Gasteiger partial charge >= 0.3 is 5.97 Å². The maximum absolute atomic E-state index is 12.3. The van der Waals surface area contributed by atoms with Gasteiger partial charge < -0.3 is 9.47 Å². The maximum Gasteiger partial charge on any atom is 0.331 e. The Kier molecular flexibility index (Phi) is 6.52. The highest BCUT2D eigenvalue weighted by Gasteiger charge is 2.18. The van der Waals surface area contributed by atoms with Crippen molar-refractivity contribution in [1.82, 2.24) is 0 Å². The van der Waals surface area contributed by atoms with E-state index in [1.165, 1.54) is 6.08 Å². The molecule has 0 amide bonds. The molecule has 130 valence electrons. The Bertz CT molecular complexity index is 742. The van der Waals surface area contributed by atoms with E-state index in [4.69, 9.17) is 9.47 Å². The molecule has 2 aromatic rings. The number of carbonyl (C=O) groups excluding carboxylic acids is 2. The molecule has 0 N–H and O–H groups in total. The Balaban J connectivity index is 1.93. The number of ketones is 1. The Hall–Kier alpha value is -2.88. The van der Waals surface area contributed by atoms with E-state index in [9.17, 15) is 9.59 Å². The second kappa shape index (κ2) is 8.83. The highest BCUT2D eigenvalue weighted by atomic mass is 16.5. The van der Waals surface area contributed by atoms with Crippen LogP contribution >= 0.6 is 0 Å². The van der Waals surface area contributed by atoms with E-state index in [2.05, 4.69) is 6.92 Å². The first-order valence-electron chi connectivity index (χ1n) is 8.19. The van der Waals surface area contributed by atoms with Crippen LogP contribution in [-0.4, -0.2) is 25.0 Å². The minimum absolute atomic E-state index is 0.214. The quantitative estimate of drug-likeness (QED) is 0.433. The fourth-order valence-corrected chi connectivity index (χ4v) is 2.29. The van der Waals surface area contributed by atoms with Crippen molar-refractivity contribution in [2.24, 2.45) is 0 Å². The number of rotatable bonds is 7. The van der Waals surface area contributed by atoms with E-state index < -0.39 is 12.1 Å². The predicted molar refractivity (Wildman–Crippen MR) is 97.7 cm³/mol. The molecule has 0 fully saturated rings. The van der Waals surface area contributed by atoms with Crippen molar-refractivity contribution in [1.29, 1.82) is 0 Å². The Morgan fingerprint density at radius 2 is 1.68 bits per heavy atom. The first kappa shape index (κ1) is 18.5. The molecular formula is C21H22O4. The lowest BCUT2D eigenvalue weighted by molar-refractivity contribution is -0.140. The Labute approximate surface area is 148 Å². The van der Waals surface area contributed by atoms with Crippen molar-refractivity contribution in [2.75, 3.05) is 7.11 Å². The first-order valence-corrected chi connectivity index (χ1v) is 8.19. The molecule has 0 bridgehead atoms. The number of hydrogen-bond acceptors (Lipinski definition) is 4. The molecule has 0 saturated carbocycles. The van der Waals surface area contributed by atoms with Crippen LogP contribution in [0.15, 0.2) is 54.6 Å². The van der Waals surface area contributed by atoms with Crippen LogP contribution in [0.4, 0.5) is 0 Å². The van der Waals surface area contributed by atoms with Gasteiger partial charge in [0.15, 0.2) is 6.10 Å². The Morgan fingerprint density at radius 1 is 1.04 bits per heavy atom. The van der Waals surface area contributed by atoms with Gasteiger partial charge in [-0.2, -0.15) is 0 Å². The zero-order valence-electron chi connectivity index (χ0n) is 14.7. The lowest BCUT2D eigenvalue weighted by Gasteiger charge is -2.11.